The predicted octanol–water partition coefficient (Wildman–Crippen LogP) is 2.84. The third-order valence-corrected chi connectivity index (χ3v) is 3.90. The van der Waals surface area contributed by atoms with E-state index in [-0.39, 0.29) is 0 Å². The molecule has 0 amide bonds. The number of nitrogens with zero attached hydrogens (tertiary/aromatic N) is 1. The molecule has 1 unspecified atom stereocenters. The quantitative estimate of drug-likeness (QED) is 0.775. The number of rotatable bonds is 7. The zero-order valence-corrected chi connectivity index (χ0v) is 12.9. The van der Waals surface area contributed by atoms with Crippen LogP contribution in [0.4, 0.5) is 5.69 Å². The lowest BCUT2D eigenvalue weighted by molar-refractivity contribution is 0.107. The number of anilines is 1. The van der Waals surface area contributed by atoms with Crippen molar-refractivity contribution in [1.29, 1.82) is 0 Å². The molecule has 112 valence electrons. The minimum atomic E-state index is 0.450. The first-order chi connectivity index (χ1) is 9.83. The Morgan fingerprint density at radius 2 is 2.25 bits per heavy atom. The van der Waals surface area contributed by atoms with Gasteiger partial charge >= 0.3 is 0 Å². The highest BCUT2D eigenvalue weighted by molar-refractivity contribution is 5.49. The van der Waals surface area contributed by atoms with Crippen molar-refractivity contribution < 1.29 is 4.74 Å². The Morgan fingerprint density at radius 3 is 3.05 bits per heavy atom. The van der Waals surface area contributed by atoms with E-state index in [4.69, 9.17) is 4.74 Å². The molecule has 0 aromatic heterocycles. The van der Waals surface area contributed by atoms with Crippen LogP contribution in [0.1, 0.15) is 32.3 Å². The summed E-state index contributed by atoms with van der Waals surface area (Å²) in [6.07, 6.45) is 3.46. The molecule has 1 aliphatic rings. The van der Waals surface area contributed by atoms with Crippen LogP contribution in [-0.2, 0) is 11.2 Å². The summed E-state index contributed by atoms with van der Waals surface area (Å²) in [6, 6.07) is 9.37. The zero-order chi connectivity index (χ0) is 14.2. The fraction of sp³-hybridized carbons (Fsp3) is 0.647. The zero-order valence-electron chi connectivity index (χ0n) is 12.9. The second-order valence-corrected chi connectivity index (χ2v) is 5.55. The van der Waals surface area contributed by atoms with E-state index < -0.39 is 0 Å². The van der Waals surface area contributed by atoms with Crippen LogP contribution < -0.4 is 10.2 Å². The number of benzene rings is 1. The van der Waals surface area contributed by atoms with Crippen LogP contribution in [-0.4, -0.2) is 38.9 Å². The van der Waals surface area contributed by atoms with E-state index in [0.717, 1.165) is 45.7 Å². The molecule has 1 saturated heterocycles. The lowest BCUT2D eigenvalue weighted by Gasteiger charge is -2.35. The van der Waals surface area contributed by atoms with Crippen LogP contribution >= 0.6 is 0 Å². The molecule has 1 fully saturated rings. The SMILES string of the molecule is CCCCOCC1CN(c2cccc(CC)c2)CCN1. The van der Waals surface area contributed by atoms with Crippen molar-refractivity contribution in [1.82, 2.24) is 5.32 Å². The summed E-state index contributed by atoms with van der Waals surface area (Å²) in [7, 11) is 0. The Labute approximate surface area is 123 Å². The van der Waals surface area contributed by atoms with E-state index >= 15 is 0 Å². The van der Waals surface area contributed by atoms with Crippen LogP contribution in [0.2, 0.25) is 0 Å². The van der Waals surface area contributed by atoms with Crippen LogP contribution in [0.3, 0.4) is 0 Å². The number of hydrogen-bond acceptors (Lipinski definition) is 3. The maximum absolute atomic E-state index is 5.75. The van der Waals surface area contributed by atoms with Gasteiger partial charge in [-0.15, -0.1) is 0 Å². The van der Waals surface area contributed by atoms with E-state index in [1.807, 2.05) is 0 Å². The number of ether oxygens (including phenoxy) is 1. The van der Waals surface area contributed by atoms with E-state index in [1.165, 1.54) is 17.7 Å². The predicted molar refractivity (Wildman–Crippen MR) is 85.6 cm³/mol. The summed E-state index contributed by atoms with van der Waals surface area (Å²) >= 11 is 0. The molecule has 20 heavy (non-hydrogen) atoms. The van der Waals surface area contributed by atoms with Crippen LogP contribution in [0.25, 0.3) is 0 Å². The lowest BCUT2D eigenvalue weighted by Crippen LogP contribution is -2.52. The van der Waals surface area contributed by atoms with Crippen LogP contribution in [0.5, 0.6) is 0 Å². The number of piperazine rings is 1. The third kappa shape index (κ3) is 4.50. The highest BCUT2D eigenvalue weighted by atomic mass is 16.5. The summed E-state index contributed by atoms with van der Waals surface area (Å²) in [5.74, 6) is 0. The van der Waals surface area contributed by atoms with Gasteiger partial charge in [0.15, 0.2) is 0 Å². The lowest BCUT2D eigenvalue weighted by atomic mass is 10.1. The summed E-state index contributed by atoms with van der Waals surface area (Å²) in [6.45, 7) is 9.28. The minimum absolute atomic E-state index is 0.450. The molecule has 1 atom stereocenters. The van der Waals surface area contributed by atoms with E-state index in [1.54, 1.807) is 0 Å². The first-order valence-corrected chi connectivity index (χ1v) is 7.98. The fourth-order valence-corrected chi connectivity index (χ4v) is 2.62. The maximum Gasteiger partial charge on any atom is 0.0636 e. The van der Waals surface area contributed by atoms with Gasteiger partial charge in [-0.1, -0.05) is 32.4 Å². The Bertz CT molecular complexity index is 394. The molecule has 0 saturated carbocycles. The monoisotopic (exact) mass is 276 g/mol. The molecule has 1 aromatic carbocycles. The van der Waals surface area contributed by atoms with Gasteiger partial charge in [-0.05, 0) is 30.5 Å². The molecule has 0 bridgehead atoms. The molecular formula is C17H28N2O. The first-order valence-electron chi connectivity index (χ1n) is 7.98. The van der Waals surface area contributed by atoms with Gasteiger partial charge < -0.3 is 15.0 Å². The molecule has 3 nitrogen and oxygen atoms in total. The van der Waals surface area contributed by atoms with E-state index in [2.05, 4.69) is 48.3 Å². The summed E-state index contributed by atoms with van der Waals surface area (Å²) in [5, 5.41) is 3.56. The van der Waals surface area contributed by atoms with Gasteiger partial charge in [0.05, 0.1) is 6.61 Å². The second kappa shape index (κ2) is 8.28. The molecule has 2 rings (SSSR count). The molecule has 1 N–H and O–H groups in total. The standard InChI is InChI=1S/C17H28N2O/c1-3-5-11-20-14-16-13-19(10-9-18-16)17-8-6-7-15(4-2)12-17/h6-8,12,16,18H,3-5,9-11,13-14H2,1-2H3. The molecule has 1 heterocycles. The molecule has 1 aromatic rings. The van der Waals surface area contributed by atoms with Gasteiger partial charge in [0, 0.05) is 38.0 Å². The van der Waals surface area contributed by atoms with Crippen LogP contribution in [0, 0.1) is 0 Å². The maximum atomic E-state index is 5.75. The smallest absolute Gasteiger partial charge is 0.0636 e. The summed E-state index contributed by atoms with van der Waals surface area (Å²) in [4.78, 5) is 2.48. The van der Waals surface area contributed by atoms with Crippen molar-refractivity contribution in [3.63, 3.8) is 0 Å². The Morgan fingerprint density at radius 1 is 1.35 bits per heavy atom. The van der Waals surface area contributed by atoms with Crippen molar-refractivity contribution in [2.45, 2.75) is 39.2 Å². The van der Waals surface area contributed by atoms with Gasteiger partial charge in [0.1, 0.15) is 0 Å². The fourth-order valence-electron chi connectivity index (χ4n) is 2.62. The largest absolute Gasteiger partial charge is 0.380 e. The highest BCUT2D eigenvalue weighted by Gasteiger charge is 2.19. The molecule has 3 heteroatoms. The van der Waals surface area contributed by atoms with Crippen molar-refractivity contribution in [2.75, 3.05) is 37.7 Å². The van der Waals surface area contributed by atoms with E-state index in [9.17, 15) is 0 Å². The number of unbranched alkanes of at least 4 members (excludes halogenated alkanes) is 1. The van der Waals surface area contributed by atoms with Crippen molar-refractivity contribution in [3.05, 3.63) is 29.8 Å². The average Bonchev–Trinajstić information content (AvgIpc) is 2.52. The number of nitrogens with one attached hydrogen (secondary N) is 1. The summed E-state index contributed by atoms with van der Waals surface area (Å²) in [5.41, 5.74) is 2.76. The van der Waals surface area contributed by atoms with Gasteiger partial charge in [-0.25, -0.2) is 0 Å². The average molecular weight is 276 g/mol. The van der Waals surface area contributed by atoms with Crippen molar-refractivity contribution in [2.24, 2.45) is 0 Å². The number of aryl methyl sites for hydroxylation is 1. The Balaban J connectivity index is 1.86. The third-order valence-electron chi connectivity index (χ3n) is 3.90. The van der Waals surface area contributed by atoms with Gasteiger partial charge in [-0.2, -0.15) is 0 Å². The van der Waals surface area contributed by atoms with Crippen LogP contribution in [0.15, 0.2) is 24.3 Å². The second-order valence-electron chi connectivity index (χ2n) is 5.55. The normalized spacial score (nSPS) is 19.3. The van der Waals surface area contributed by atoms with Gasteiger partial charge in [0.25, 0.3) is 0 Å². The van der Waals surface area contributed by atoms with Gasteiger partial charge in [-0.3, -0.25) is 0 Å². The first kappa shape index (κ1) is 15.3. The molecule has 0 aliphatic carbocycles. The van der Waals surface area contributed by atoms with Crippen molar-refractivity contribution >= 4 is 5.69 Å². The topological polar surface area (TPSA) is 24.5 Å². The Hall–Kier alpha value is -1.06. The highest BCUT2D eigenvalue weighted by Crippen LogP contribution is 2.18. The molecular weight excluding hydrogens is 248 g/mol. The van der Waals surface area contributed by atoms with E-state index in [0.29, 0.717) is 6.04 Å². The number of hydrogen-bond donors (Lipinski definition) is 1. The molecule has 1 aliphatic heterocycles. The molecule has 0 spiro atoms. The van der Waals surface area contributed by atoms with Crippen molar-refractivity contribution in [3.8, 4) is 0 Å². The Kier molecular flexibility index (Phi) is 6.34. The molecule has 0 radical (unpaired) electrons. The summed E-state index contributed by atoms with van der Waals surface area (Å²) < 4.78 is 5.75. The minimum Gasteiger partial charge on any atom is -0.380 e. The van der Waals surface area contributed by atoms with Gasteiger partial charge in [0.2, 0.25) is 0 Å².